The predicted octanol–water partition coefficient (Wildman–Crippen LogP) is 2.20. The van der Waals surface area contributed by atoms with Crippen molar-refractivity contribution in [3.8, 4) is 0 Å². The summed E-state index contributed by atoms with van der Waals surface area (Å²) in [7, 11) is -2.78. The van der Waals surface area contributed by atoms with Gasteiger partial charge in [0.25, 0.3) is 10.1 Å². The molecule has 0 radical (unpaired) electrons. The molecule has 1 aliphatic carbocycles. The van der Waals surface area contributed by atoms with E-state index in [0.29, 0.717) is 0 Å². The van der Waals surface area contributed by atoms with Gasteiger partial charge in [0.1, 0.15) is 6.10 Å². The van der Waals surface area contributed by atoms with E-state index in [-0.39, 0.29) is 10.6 Å². The Morgan fingerprint density at radius 1 is 1.41 bits per heavy atom. The molecule has 0 saturated heterocycles. The van der Waals surface area contributed by atoms with Crippen molar-refractivity contribution < 1.29 is 17.7 Å². The van der Waals surface area contributed by atoms with E-state index in [0.717, 1.165) is 5.57 Å². The first-order valence-corrected chi connectivity index (χ1v) is 7.88. The summed E-state index contributed by atoms with van der Waals surface area (Å²) >= 11 is 0. The van der Waals surface area contributed by atoms with Crippen LogP contribution in [0.15, 0.2) is 63.2 Å². The first-order chi connectivity index (χ1) is 10.2. The zero-order valence-corrected chi connectivity index (χ0v) is 13.0. The highest BCUT2D eigenvalue weighted by molar-refractivity contribution is 7.85. The van der Waals surface area contributed by atoms with E-state index in [1.807, 2.05) is 13.0 Å². The minimum absolute atomic E-state index is 0.256. The second kappa shape index (κ2) is 6.09. The van der Waals surface area contributed by atoms with E-state index in [1.165, 1.54) is 25.3 Å². The number of nitrogens with two attached hydrogens (primary N) is 1. The summed E-state index contributed by atoms with van der Waals surface area (Å²) in [6.45, 7) is 1.87. The molecule has 0 aliphatic heterocycles. The number of ether oxygens (including phenoxy) is 1. The van der Waals surface area contributed by atoms with E-state index < -0.39 is 21.9 Å². The molecule has 3 N–H and O–H groups in total. The number of benzene rings is 1. The average molecular weight is 323 g/mol. The fourth-order valence-electron chi connectivity index (χ4n) is 2.09. The Bertz CT molecular complexity index is 755. The van der Waals surface area contributed by atoms with Crippen LogP contribution in [0, 0.1) is 0 Å². The van der Waals surface area contributed by atoms with Gasteiger partial charge in [-0.05, 0) is 31.2 Å². The molecule has 1 aliphatic rings. The number of allylic oxidation sites excluding steroid dienone is 2. The van der Waals surface area contributed by atoms with Gasteiger partial charge in [-0.2, -0.15) is 18.6 Å². The van der Waals surface area contributed by atoms with Gasteiger partial charge in [0.2, 0.25) is 0 Å². The zero-order valence-electron chi connectivity index (χ0n) is 12.2. The molecule has 2 unspecified atom stereocenters. The highest BCUT2D eigenvalue weighted by atomic mass is 32.2. The predicted molar refractivity (Wildman–Crippen MR) is 81.4 cm³/mol. The first-order valence-electron chi connectivity index (χ1n) is 6.44. The Hall–Kier alpha value is -1.87. The third kappa shape index (κ3) is 3.66. The van der Waals surface area contributed by atoms with Crippen molar-refractivity contribution in [1.29, 1.82) is 0 Å². The lowest BCUT2D eigenvalue weighted by molar-refractivity contribution is 0.0899. The Kier molecular flexibility index (Phi) is 4.57. The van der Waals surface area contributed by atoms with Crippen molar-refractivity contribution in [2.75, 3.05) is 7.11 Å². The highest BCUT2D eigenvalue weighted by Gasteiger charge is 2.34. The number of hydrogen-bond donors (Lipinski definition) is 2. The summed E-state index contributed by atoms with van der Waals surface area (Å²) in [5.41, 5.74) is 6.19. The van der Waals surface area contributed by atoms with Gasteiger partial charge in [0, 0.05) is 7.11 Å². The van der Waals surface area contributed by atoms with Crippen LogP contribution in [0.3, 0.4) is 0 Å². The van der Waals surface area contributed by atoms with Crippen LogP contribution >= 0.6 is 0 Å². The van der Waals surface area contributed by atoms with Gasteiger partial charge in [0.15, 0.2) is 5.66 Å². The van der Waals surface area contributed by atoms with Crippen molar-refractivity contribution in [2.45, 2.75) is 23.6 Å². The maximum Gasteiger partial charge on any atom is 0.294 e. The van der Waals surface area contributed by atoms with Crippen LogP contribution in [0.4, 0.5) is 5.69 Å². The van der Waals surface area contributed by atoms with Gasteiger partial charge in [-0.3, -0.25) is 10.3 Å². The normalized spacial score (nSPS) is 25.5. The number of hydrogen-bond acceptors (Lipinski definition) is 6. The first kappa shape index (κ1) is 16.5. The van der Waals surface area contributed by atoms with Crippen LogP contribution in [0.1, 0.15) is 6.92 Å². The van der Waals surface area contributed by atoms with Crippen LogP contribution in [0.5, 0.6) is 0 Å². The quantitative estimate of drug-likeness (QED) is 0.651. The summed E-state index contributed by atoms with van der Waals surface area (Å²) in [4.78, 5) is -0.256. The molecule has 8 heteroatoms. The van der Waals surface area contributed by atoms with Gasteiger partial charge in [-0.15, -0.1) is 0 Å². The van der Waals surface area contributed by atoms with Crippen molar-refractivity contribution in [3.05, 3.63) is 48.1 Å². The Morgan fingerprint density at radius 2 is 2.14 bits per heavy atom. The van der Waals surface area contributed by atoms with Crippen LogP contribution in [0.25, 0.3) is 0 Å². The molecule has 2 atom stereocenters. The Balaban J connectivity index is 2.33. The van der Waals surface area contributed by atoms with Crippen LogP contribution in [-0.2, 0) is 14.9 Å². The van der Waals surface area contributed by atoms with Gasteiger partial charge in [-0.25, -0.2) is 0 Å². The van der Waals surface area contributed by atoms with Crippen molar-refractivity contribution in [2.24, 2.45) is 16.0 Å². The molecule has 0 bridgehead atoms. The summed E-state index contributed by atoms with van der Waals surface area (Å²) < 4.78 is 36.5. The second-order valence-corrected chi connectivity index (χ2v) is 6.39. The van der Waals surface area contributed by atoms with Crippen molar-refractivity contribution >= 4 is 15.8 Å². The van der Waals surface area contributed by atoms with Gasteiger partial charge >= 0.3 is 0 Å². The SMILES string of the molecule is COC1C=CC(C)=CC1(N)N=Nc1cccc(S(=O)(=O)O)c1. The Labute approximate surface area is 128 Å². The molecule has 2 rings (SSSR count). The van der Waals surface area contributed by atoms with Gasteiger partial charge in [0.05, 0.1) is 10.6 Å². The second-order valence-electron chi connectivity index (χ2n) is 4.96. The molecule has 0 aromatic heterocycles. The standard InChI is InChI=1S/C14H17N3O4S/c1-10-6-7-13(21-2)14(15,9-10)17-16-11-4-3-5-12(8-11)22(18,19)20/h3-9,13H,15H2,1-2H3,(H,18,19,20). The molecular weight excluding hydrogens is 306 g/mol. The van der Waals surface area contributed by atoms with E-state index in [9.17, 15) is 8.42 Å². The largest absolute Gasteiger partial charge is 0.373 e. The fourth-order valence-corrected chi connectivity index (χ4v) is 2.61. The molecule has 22 heavy (non-hydrogen) atoms. The zero-order chi connectivity index (χ0) is 16.4. The van der Waals surface area contributed by atoms with Gasteiger partial charge < -0.3 is 4.74 Å². The van der Waals surface area contributed by atoms with Gasteiger partial charge in [-0.1, -0.05) is 23.8 Å². The minimum Gasteiger partial charge on any atom is -0.373 e. The minimum atomic E-state index is -4.29. The molecule has 1 aromatic rings. The van der Waals surface area contributed by atoms with Crippen LogP contribution < -0.4 is 5.73 Å². The van der Waals surface area contributed by atoms with Crippen LogP contribution in [-0.4, -0.2) is 31.8 Å². The van der Waals surface area contributed by atoms with E-state index in [1.54, 1.807) is 18.2 Å². The third-order valence-corrected chi connectivity index (χ3v) is 4.01. The maximum atomic E-state index is 11.1. The molecule has 1 aromatic carbocycles. The monoisotopic (exact) mass is 323 g/mol. The van der Waals surface area contributed by atoms with Crippen LogP contribution in [0.2, 0.25) is 0 Å². The molecule has 7 nitrogen and oxygen atoms in total. The fraction of sp³-hybridized carbons (Fsp3) is 0.286. The third-order valence-electron chi connectivity index (χ3n) is 3.16. The lowest BCUT2D eigenvalue weighted by Crippen LogP contribution is -2.48. The Morgan fingerprint density at radius 3 is 2.77 bits per heavy atom. The summed E-state index contributed by atoms with van der Waals surface area (Å²) in [6.07, 6.45) is 4.89. The molecule has 0 amide bonds. The highest BCUT2D eigenvalue weighted by Crippen LogP contribution is 2.26. The molecule has 0 saturated carbocycles. The lowest BCUT2D eigenvalue weighted by atomic mass is 9.95. The topological polar surface area (TPSA) is 114 Å². The summed E-state index contributed by atoms with van der Waals surface area (Å²) in [6, 6.07) is 5.48. The number of rotatable bonds is 4. The smallest absolute Gasteiger partial charge is 0.294 e. The van der Waals surface area contributed by atoms with E-state index in [4.69, 9.17) is 15.0 Å². The molecule has 118 valence electrons. The summed E-state index contributed by atoms with van der Waals surface area (Å²) in [5, 5.41) is 8.06. The number of methoxy groups -OCH3 is 1. The summed E-state index contributed by atoms with van der Waals surface area (Å²) in [5.74, 6) is 0. The molecule has 0 spiro atoms. The van der Waals surface area contributed by atoms with Crippen molar-refractivity contribution in [3.63, 3.8) is 0 Å². The maximum absolute atomic E-state index is 11.1. The molecule has 0 fully saturated rings. The number of azo groups is 1. The average Bonchev–Trinajstić information content (AvgIpc) is 2.45. The molecular formula is C14H17N3O4S. The van der Waals surface area contributed by atoms with E-state index in [2.05, 4.69) is 10.2 Å². The lowest BCUT2D eigenvalue weighted by Gasteiger charge is -2.29. The number of nitrogens with zero attached hydrogens (tertiary/aromatic N) is 2. The van der Waals surface area contributed by atoms with Crippen molar-refractivity contribution in [1.82, 2.24) is 0 Å². The van der Waals surface area contributed by atoms with E-state index >= 15 is 0 Å². The molecule has 0 heterocycles.